The molecule has 92 valence electrons. The Labute approximate surface area is 103 Å². The van der Waals surface area contributed by atoms with Crippen LogP contribution in [0.5, 0.6) is 11.5 Å². The third-order valence-electron chi connectivity index (χ3n) is 1.99. The zero-order chi connectivity index (χ0) is 12.7. The van der Waals surface area contributed by atoms with Gasteiger partial charge in [0.05, 0.1) is 19.3 Å². The molecule has 0 aromatic heterocycles. The van der Waals surface area contributed by atoms with Crippen molar-refractivity contribution in [1.82, 2.24) is 0 Å². The Bertz CT molecular complexity index is 416. The lowest BCUT2D eigenvalue weighted by molar-refractivity contribution is 0.287. The summed E-state index contributed by atoms with van der Waals surface area (Å²) in [5, 5.41) is 0. The second-order valence-corrected chi connectivity index (χ2v) is 3.59. The van der Waals surface area contributed by atoms with Crippen LogP contribution in [-0.2, 0) is 0 Å². The van der Waals surface area contributed by atoms with Crippen LogP contribution >= 0.6 is 0 Å². The van der Waals surface area contributed by atoms with E-state index >= 15 is 0 Å². The van der Waals surface area contributed by atoms with Gasteiger partial charge in [0.1, 0.15) is 0 Å². The molecule has 0 aliphatic rings. The minimum atomic E-state index is -0.128. The maximum absolute atomic E-state index is 5.59. The SMILES string of the molecule is CCOc1ccc(C#CC(C)N)cc1OCC. The Morgan fingerprint density at radius 1 is 1.18 bits per heavy atom. The highest BCUT2D eigenvalue weighted by atomic mass is 16.5. The first kappa shape index (κ1) is 13.4. The summed E-state index contributed by atoms with van der Waals surface area (Å²) < 4.78 is 11.0. The van der Waals surface area contributed by atoms with Gasteiger partial charge in [-0.3, -0.25) is 0 Å². The standard InChI is InChI=1S/C14H19NO2/c1-4-16-13-9-8-12(7-6-11(3)15)10-14(13)17-5-2/h8-11H,4-5,15H2,1-3H3. The molecule has 1 rings (SSSR count). The normalized spacial score (nSPS) is 11.3. The number of hydrogen-bond acceptors (Lipinski definition) is 3. The lowest BCUT2D eigenvalue weighted by Crippen LogP contribution is -2.10. The highest BCUT2D eigenvalue weighted by Crippen LogP contribution is 2.28. The fourth-order valence-electron chi connectivity index (χ4n) is 1.33. The van der Waals surface area contributed by atoms with Crippen molar-refractivity contribution < 1.29 is 9.47 Å². The Morgan fingerprint density at radius 2 is 1.82 bits per heavy atom. The molecule has 0 fully saturated rings. The number of rotatable bonds is 4. The summed E-state index contributed by atoms with van der Waals surface area (Å²) in [5.74, 6) is 7.39. The molecule has 2 N–H and O–H groups in total. The van der Waals surface area contributed by atoms with Crippen molar-refractivity contribution in [3.8, 4) is 23.3 Å². The van der Waals surface area contributed by atoms with Crippen LogP contribution in [0.4, 0.5) is 0 Å². The third kappa shape index (κ3) is 4.38. The van der Waals surface area contributed by atoms with Gasteiger partial charge in [0.2, 0.25) is 0 Å². The zero-order valence-corrected chi connectivity index (χ0v) is 10.6. The summed E-state index contributed by atoms with van der Waals surface area (Å²) in [6.45, 7) is 6.95. The Balaban J connectivity index is 2.97. The predicted octanol–water partition coefficient (Wildman–Crippen LogP) is 2.18. The maximum Gasteiger partial charge on any atom is 0.162 e. The fraction of sp³-hybridized carbons (Fsp3) is 0.429. The lowest BCUT2D eigenvalue weighted by Gasteiger charge is -2.10. The lowest BCUT2D eigenvalue weighted by atomic mass is 10.2. The highest BCUT2D eigenvalue weighted by molar-refractivity contribution is 5.48. The van der Waals surface area contributed by atoms with Crippen LogP contribution in [0.25, 0.3) is 0 Å². The second kappa shape index (κ2) is 6.82. The summed E-state index contributed by atoms with van der Waals surface area (Å²) in [6.07, 6.45) is 0. The second-order valence-electron chi connectivity index (χ2n) is 3.59. The van der Waals surface area contributed by atoms with Crippen LogP contribution in [0.3, 0.4) is 0 Å². The molecule has 1 atom stereocenters. The number of benzene rings is 1. The van der Waals surface area contributed by atoms with Gasteiger partial charge in [-0.2, -0.15) is 0 Å². The van der Waals surface area contributed by atoms with E-state index in [4.69, 9.17) is 15.2 Å². The third-order valence-corrected chi connectivity index (χ3v) is 1.99. The van der Waals surface area contributed by atoms with Gasteiger partial charge in [-0.15, -0.1) is 0 Å². The van der Waals surface area contributed by atoms with Crippen LogP contribution in [0, 0.1) is 11.8 Å². The molecule has 3 heteroatoms. The van der Waals surface area contributed by atoms with Crippen LogP contribution in [-0.4, -0.2) is 19.3 Å². The van der Waals surface area contributed by atoms with Crippen molar-refractivity contribution in [3.05, 3.63) is 23.8 Å². The molecule has 17 heavy (non-hydrogen) atoms. The average Bonchev–Trinajstić information content (AvgIpc) is 2.30. The van der Waals surface area contributed by atoms with Gasteiger partial charge in [0.25, 0.3) is 0 Å². The molecule has 0 spiro atoms. The van der Waals surface area contributed by atoms with Gasteiger partial charge in [0, 0.05) is 5.56 Å². The van der Waals surface area contributed by atoms with Crippen LogP contribution < -0.4 is 15.2 Å². The molecule has 0 aliphatic carbocycles. The van der Waals surface area contributed by atoms with Crippen molar-refractivity contribution in [2.45, 2.75) is 26.8 Å². The van der Waals surface area contributed by atoms with Gasteiger partial charge in [0.15, 0.2) is 11.5 Å². The van der Waals surface area contributed by atoms with Crippen LogP contribution in [0.1, 0.15) is 26.3 Å². The monoisotopic (exact) mass is 233 g/mol. The van der Waals surface area contributed by atoms with Crippen molar-refractivity contribution in [3.63, 3.8) is 0 Å². The van der Waals surface area contributed by atoms with E-state index in [2.05, 4.69) is 11.8 Å². The van der Waals surface area contributed by atoms with Crippen molar-refractivity contribution in [2.24, 2.45) is 5.73 Å². The fourth-order valence-corrected chi connectivity index (χ4v) is 1.33. The quantitative estimate of drug-likeness (QED) is 0.811. The van der Waals surface area contributed by atoms with E-state index in [-0.39, 0.29) is 6.04 Å². The Kier molecular flexibility index (Phi) is 5.38. The van der Waals surface area contributed by atoms with E-state index in [0.717, 1.165) is 17.1 Å². The molecule has 0 radical (unpaired) electrons. The molecule has 0 saturated heterocycles. The molecular weight excluding hydrogens is 214 g/mol. The van der Waals surface area contributed by atoms with E-state index in [9.17, 15) is 0 Å². The minimum Gasteiger partial charge on any atom is -0.490 e. The van der Waals surface area contributed by atoms with E-state index in [1.807, 2.05) is 39.0 Å². The molecular formula is C14H19NO2. The van der Waals surface area contributed by atoms with Crippen molar-refractivity contribution in [2.75, 3.05) is 13.2 Å². The molecule has 0 aliphatic heterocycles. The van der Waals surface area contributed by atoms with E-state index in [0.29, 0.717) is 13.2 Å². The maximum atomic E-state index is 5.59. The molecule has 0 bridgehead atoms. The minimum absolute atomic E-state index is 0.128. The molecule has 1 aromatic rings. The van der Waals surface area contributed by atoms with Crippen molar-refractivity contribution in [1.29, 1.82) is 0 Å². The van der Waals surface area contributed by atoms with Gasteiger partial charge in [-0.1, -0.05) is 11.8 Å². The first-order valence-electron chi connectivity index (χ1n) is 5.84. The molecule has 0 heterocycles. The Hall–Kier alpha value is -1.66. The first-order valence-corrected chi connectivity index (χ1v) is 5.84. The van der Waals surface area contributed by atoms with Gasteiger partial charge in [-0.05, 0) is 39.0 Å². The summed E-state index contributed by atoms with van der Waals surface area (Å²) in [5.41, 5.74) is 6.47. The summed E-state index contributed by atoms with van der Waals surface area (Å²) in [6, 6.07) is 5.53. The molecule has 3 nitrogen and oxygen atoms in total. The van der Waals surface area contributed by atoms with Gasteiger partial charge < -0.3 is 15.2 Å². The van der Waals surface area contributed by atoms with E-state index in [1.54, 1.807) is 0 Å². The molecule has 1 aromatic carbocycles. The Morgan fingerprint density at radius 3 is 2.41 bits per heavy atom. The molecule has 0 saturated carbocycles. The predicted molar refractivity (Wildman–Crippen MR) is 69.3 cm³/mol. The first-order chi connectivity index (χ1) is 8.17. The summed E-state index contributed by atoms with van der Waals surface area (Å²) in [4.78, 5) is 0. The molecule has 1 unspecified atom stereocenters. The van der Waals surface area contributed by atoms with Gasteiger partial charge in [-0.25, -0.2) is 0 Å². The highest BCUT2D eigenvalue weighted by Gasteiger charge is 2.04. The largest absolute Gasteiger partial charge is 0.490 e. The number of ether oxygens (including phenoxy) is 2. The topological polar surface area (TPSA) is 44.5 Å². The zero-order valence-electron chi connectivity index (χ0n) is 10.6. The summed E-state index contributed by atoms with van der Waals surface area (Å²) >= 11 is 0. The van der Waals surface area contributed by atoms with E-state index in [1.165, 1.54) is 0 Å². The average molecular weight is 233 g/mol. The van der Waals surface area contributed by atoms with Gasteiger partial charge >= 0.3 is 0 Å². The van der Waals surface area contributed by atoms with E-state index < -0.39 is 0 Å². The number of hydrogen-bond donors (Lipinski definition) is 1. The smallest absolute Gasteiger partial charge is 0.162 e. The van der Waals surface area contributed by atoms with Crippen LogP contribution in [0.15, 0.2) is 18.2 Å². The number of nitrogens with two attached hydrogens (primary N) is 1. The molecule has 0 amide bonds. The van der Waals surface area contributed by atoms with Crippen LogP contribution in [0.2, 0.25) is 0 Å². The summed E-state index contributed by atoms with van der Waals surface area (Å²) in [7, 11) is 0. The van der Waals surface area contributed by atoms with Crippen molar-refractivity contribution >= 4 is 0 Å².